The molecular weight excluding hydrogens is 220 g/mol. The summed E-state index contributed by atoms with van der Waals surface area (Å²) in [5.41, 5.74) is 6.53. The Kier molecular flexibility index (Phi) is 3.87. The molecule has 0 unspecified atom stereocenters. The summed E-state index contributed by atoms with van der Waals surface area (Å²) in [6.07, 6.45) is 0. The number of hydrogen-bond acceptors (Lipinski definition) is 3. The van der Waals surface area contributed by atoms with E-state index in [0.717, 1.165) is 5.56 Å². The molecular formula is C12H14N2O3. The molecule has 90 valence electrons. The van der Waals surface area contributed by atoms with Gasteiger partial charge >= 0.3 is 12.0 Å². The summed E-state index contributed by atoms with van der Waals surface area (Å²) in [6.45, 7) is 6.83. The molecule has 0 saturated carbocycles. The van der Waals surface area contributed by atoms with Gasteiger partial charge in [0.25, 0.3) is 0 Å². The van der Waals surface area contributed by atoms with Crippen molar-refractivity contribution < 1.29 is 14.3 Å². The van der Waals surface area contributed by atoms with Gasteiger partial charge in [0.05, 0.1) is 0 Å². The van der Waals surface area contributed by atoms with Gasteiger partial charge in [-0.05, 0) is 25.5 Å². The maximum Gasteiger partial charge on any atom is 0.338 e. The number of amides is 2. The summed E-state index contributed by atoms with van der Waals surface area (Å²) in [5.74, 6) is -0.145. The fraction of sp³-hybridized carbons (Fsp3) is 0.167. The van der Waals surface area contributed by atoms with Crippen molar-refractivity contribution in [3.8, 4) is 5.75 Å². The number of esters is 1. The van der Waals surface area contributed by atoms with Gasteiger partial charge in [0.2, 0.25) is 0 Å². The van der Waals surface area contributed by atoms with Crippen LogP contribution in [0.3, 0.4) is 0 Å². The van der Waals surface area contributed by atoms with E-state index in [2.05, 4.69) is 11.9 Å². The van der Waals surface area contributed by atoms with Gasteiger partial charge < -0.3 is 15.8 Å². The molecule has 5 heteroatoms. The Balaban J connectivity index is 2.94. The maximum absolute atomic E-state index is 11.4. The molecule has 3 N–H and O–H groups in total. The summed E-state index contributed by atoms with van der Waals surface area (Å²) in [6, 6.07) is 4.23. The third-order valence-corrected chi connectivity index (χ3v) is 2.01. The molecule has 0 aliphatic rings. The van der Waals surface area contributed by atoms with Gasteiger partial charge in [-0.2, -0.15) is 0 Å². The molecule has 0 heterocycles. The summed E-state index contributed by atoms with van der Waals surface area (Å²) in [7, 11) is 0. The first-order chi connectivity index (χ1) is 7.90. The van der Waals surface area contributed by atoms with E-state index in [1.165, 1.54) is 6.07 Å². The highest BCUT2D eigenvalue weighted by molar-refractivity contribution is 5.90. The van der Waals surface area contributed by atoms with E-state index in [4.69, 9.17) is 10.5 Å². The zero-order valence-corrected chi connectivity index (χ0v) is 9.74. The quantitative estimate of drug-likeness (QED) is 0.476. The molecule has 1 aromatic carbocycles. The Morgan fingerprint density at radius 2 is 2.06 bits per heavy atom. The molecule has 0 atom stereocenters. The largest absolute Gasteiger partial charge is 0.423 e. The lowest BCUT2D eigenvalue weighted by molar-refractivity contribution is -0.130. The summed E-state index contributed by atoms with van der Waals surface area (Å²) >= 11 is 0. The fourth-order valence-corrected chi connectivity index (χ4v) is 1.12. The van der Waals surface area contributed by atoms with Crippen LogP contribution in [0.5, 0.6) is 5.75 Å². The number of ether oxygens (including phenoxy) is 1. The first-order valence-corrected chi connectivity index (χ1v) is 4.95. The molecule has 0 aliphatic heterocycles. The van der Waals surface area contributed by atoms with Crippen LogP contribution in [-0.4, -0.2) is 12.0 Å². The molecule has 0 fully saturated rings. The van der Waals surface area contributed by atoms with Gasteiger partial charge in [-0.25, -0.2) is 9.59 Å². The minimum atomic E-state index is -0.675. The normalized spacial score (nSPS) is 9.53. The molecule has 0 saturated heterocycles. The fourth-order valence-electron chi connectivity index (χ4n) is 1.12. The van der Waals surface area contributed by atoms with Crippen LogP contribution in [0.1, 0.15) is 12.5 Å². The van der Waals surface area contributed by atoms with Crippen LogP contribution in [0.25, 0.3) is 0 Å². The zero-order valence-electron chi connectivity index (χ0n) is 9.74. The first kappa shape index (κ1) is 12.8. The Bertz CT molecular complexity index is 481. The molecule has 0 radical (unpaired) electrons. The van der Waals surface area contributed by atoms with Gasteiger partial charge in [-0.1, -0.05) is 12.6 Å². The summed E-state index contributed by atoms with van der Waals surface area (Å²) in [4.78, 5) is 22.0. The molecule has 1 aromatic rings. The Morgan fingerprint density at radius 3 is 2.59 bits per heavy atom. The Labute approximate surface area is 99.3 Å². The van der Waals surface area contributed by atoms with E-state index >= 15 is 0 Å². The van der Waals surface area contributed by atoms with Crippen LogP contribution < -0.4 is 15.8 Å². The molecule has 0 aromatic heterocycles. The van der Waals surface area contributed by atoms with Crippen LogP contribution in [0.15, 0.2) is 30.4 Å². The van der Waals surface area contributed by atoms with E-state index in [1.54, 1.807) is 26.0 Å². The highest BCUT2D eigenvalue weighted by Crippen LogP contribution is 2.23. The number of carbonyl (C=O) groups is 2. The van der Waals surface area contributed by atoms with Gasteiger partial charge in [-0.15, -0.1) is 0 Å². The van der Waals surface area contributed by atoms with Crippen molar-refractivity contribution in [3.05, 3.63) is 35.9 Å². The molecule has 2 amide bonds. The van der Waals surface area contributed by atoms with Crippen LogP contribution in [0.4, 0.5) is 10.5 Å². The van der Waals surface area contributed by atoms with Gasteiger partial charge in [0, 0.05) is 17.3 Å². The lowest BCUT2D eigenvalue weighted by Crippen LogP contribution is -2.19. The number of benzene rings is 1. The molecule has 17 heavy (non-hydrogen) atoms. The maximum atomic E-state index is 11.4. The Hall–Kier alpha value is -2.30. The molecule has 1 rings (SSSR count). The van der Waals surface area contributed by atoms with Gasteiger partial charge in [0.15, 0.2) is 0 Å². The SMILES string of the molecule is C=C(C)C(=O)Oc1cc(NC(N)=O)ccc1C. The summed E-state index contributed by atoms with van der Waals surface area (Å²) < 4.78 is 5.10. The number of aryl methyl sites for hydroxylation is 1. The molecule has 0 aliphatic carbocycles. The predicted octanol–water partition coefficient (Wildman–Crippen LogP) is 1.97. The van der Waals surface area contributed by atoms with Crippen molar-refractivity contribution >= 4 is 17.7 Å². The van der Waals surface area contributed by atoms with Crippen molar-refractivity contribution in [2.75, 3.05) is 5.32 Å². The second kappa shape index (κ2) is 5.16. The number of anilines is 1. The average molecular weight is 234 g/mol. The van der Waals surface area contributed by atoms with Crippen LogP contribution in [0.2, 0.25) is 0 Å². The highest BCUT2D eigenvalue weighted by atomic mass is 16.5. The van der Waals surface area contributed by atoms with E-state index < -0.39 is 12.0 Å². The van der Waals surface area contributed by atoms with E-state index in [-0.39, 0.29) is 0 Å². The highest BCUT2D eigenvalue weighted by Gasteiger charge is 2.09. The van der Waals surface area contributed by atoms with E-state index in [9.17, 15) is 9.59 Å². The van der Waals surface area contributed by atoms with Gasteiger partial charge in [0.1, 0.15) is 5.75 Å². The second-order valence-corrected chi connectivity index (χ2v) is 3.64. The van der Waals surface area contributed by atoms with E-state index in [0.29, 0.717) is 17.0 Å². The van der Waals surface area contributed by atoms with Crippen molar-refractivity contribution in [2.45, 2.75) is 13.8 Å². The topological polar surface area (TPSA) is 81.4 Å². The number of rotatable bonds is 3. The van der Waals surface area contributed by atoms with Gasteiger partial charge in [-0.3, -0.25) is 0 Å². The smallest absolute Gasteiger partial charge is 0.338 e. The predicted molar refractivity (Wildman–Crippen MR) is 64.8 cm³/mol. The molecule has 5 nitrogen and oxygen atoms in total. The van der Waals surface area contributed by atoms with Crippen LogP contribution >= 0.6 is 0 Å². The number of carbonyl (C=O) groups excluding carboxylic acids is 2. The standard InChI is InChI=1S/C12H14N2O3/c1-7(2)11(15)17-10-6-9(14-12(13)16)5-4-8(10)3/h4-6H,1H2,2-3H3,(H3,13,14,16). The number of nitrogens with two attached hydrogens (primary N) is 1. The molecule has 0 spiro atoms. The Morgan fingerprint density at radius 1 is 1.41 bits per heavy atom. The number of hydrogen-bond donors (Lipinski definition) is 2. The lowest BCUT2D eigenvalue weighted by atomic mass is 10.2. The van der Waals surface area contributed by atoms with Crippen molar-refractivity contribution in [1.82, 2.24) is 0 Å². The molecule has 0 bridgehead atoms. The zero-order chi connectivity index (χ0) is 13.0. The van der Waals surface area contributed by atoms with Crippen molar-refractivity contribution in [2.24, 2.45) is 5.73 Å². The average Bonchev–Trinajstić information content (AvgIpc) is 2.22. The number of urea groups is 1. The second-order valence-electron chi connectivity index (χ2n) is 3.64. The van der Waals surface area contributed by atoms with Crippen LogP contribution in [0, 0.1) is 6.92 Å². The van der Waals surface area contributed by atoms with Crippen LogP contribution in [-0.2, 0) is 4.79 Å². The van der Waals surface area contributed by atoms with E-state index in [1.807, 2.05) is 0 Å². The van der Waals surface area contributed by atoms with Crippen molar-refractivity contribution in [1.29, 1.82) is 0 Å². The monoisotopic (exact) mass is 234 g/mol. The van der Waals surface area contributed by atoms with Crippen molar-refractivity contribution in [3.63, 3.8) is 0 Å². The minimum Gasteiger partial charge on any atom is -0.423 e. The minimum absolute atomic E-state index is 0.303. The number of primary amides is 1. The number of nitrogens with one attached hydrogen (secondary N) is 1. The summed E-state index contributed by atoms with van der Waals surface area (Å²) in [5, 5.41) is 2.40. The third-order valence-electron chi connectivity index (χ3n) is 2.01. The first-order valence-electron chi connectivity index (χ1n) is 4.95. The lowest BCUT2D eigenvalue weighted by Gasteiger charge is -2.09. The third kappa shape index (κ3) is 3.64.